The molecule has 0 aromatic rings. The van der Waals surface area contributed by atoms with Crippen molar-refractivity contribution in [3.8, 4) is 0 Å². The van der Waals surface area contributed by atoms with Gasteiger partial charge in [0.05, 0.1) is 0 Å². The van der Waals surface area contributed by atoms with Crippen LogP contribution in [0.5, 0.6) is 0 Å². The van der Waals surface area contributed by atoms with E-state index in [1.807, 2.05) is 0 Å². The van der Waals surface area contributed by atoms with E-state index in [2.05, 4.69) is 57.1 Å². The van der Waals surface area contributed by atoms with Crippen LogP contribution in [0.25, 0.3) is 0 Å². The van der Waals surface area contributed by atoms with Crippen molar-refractivity contribution in [2.45, 2.75) is 135 Å². The van der Waals surface area contributed by atoms with Crippen LogP contribution in [0.2, 0.25) is 0 Å². The summed E-state index contributed by atoms with van der Waals surface area (Å²) in [6, 6.07) is 0.808. The Morgan fingerprint density at radius 2 is 1.00 bits per heavy atom. The molecule has 0 N–H and O–H groups in total. The lowest BCUT2D eigenvalue weighted by Crippen LogP contribution is -2.27. The van der Waals surface area contributed by atoms with Crippen molar-refractivity contribution >= 4 is 0 Å². The highest BCUT2D eigenvalue weighted by molar-refractivity contribution is 4.92. The van der Waals surface area contributed by atoms with Crippen molar-refractivity contribution < 1.29 is 0 Å². The largest absolute Gasteiger partial charge is 0.306 e. The molecule has 1 atom stereocenters. The molecular formula is C27H53N. The summed E-state index contributed by atoms with van der Waals surface area (Å²) < 4.78 is 0. The molecule has 28 heavy (non-hydrogen) atoms. The molecule has 166 valence electrons. The van der Waals surface area contributed by atoms with Gasteiger partial charge in [0.25, 0.3) is 0 Å². The highest BCUT2D eigenvalue weighted by Crippen LogP contribution is 2.17. The van der Waals surface area contributed by atoms with Crippen molar-refractivity contribution in [3.63, 3.8) is 0 Å². The minimum Gasteiger partial charge on any atom is -0.306 e. The first-order valence-electron chi connectivity index (χ1n) is 12.7. The van der Waals surface area contributed by atoms with Gasteiger partial charge in [-0.1, -0.05) is 115 Å². The molecule has 0 aromatic carbocycles. The van der Waals surface area contributed by atoms with Crippen LogP contribution in [-0.2, 0) is 0 Å². The highest BCUT2D eigenvalue weighted by Gasteiger charge is 2.10. The summed E-state index contributed by atoms with van der Waals surface area (Å²) in [6.07, 6.45) is 34.0. The normalized spacial score (nSPS) is 13.3. The minimum absolute atomic E-state index is 0.808. The predicted molar refractivity (Wildman–Crippen MR) is 130 cm³/mol. The molecule has 1 nitrogen and oxygen atoms in total. The van der Waals surface area contributed by atoms with Crippen LogP contribution >= 0.6 is 0 Å². The molecule has 0 rings (SSSR count). The molecule has 0 amide bonds. The lowest BCUT2D eigenvalue weighted by atomic mass is 9.99. The fourth-order valence-corrected chi connectivity index (χ4v) is 3.82. The molecule has 0 saturated carbocycles. The predicted octanol–water partition coefficient (Wildman–Crippen LogP) is 9.09. The van der Waals surface area contributed by atoms with Crippen molar-refractivity contribution in [1.29, 1.82) is 0 Å². The summed E-state index contributed by atoms with van der Waals surface area (Å²) in [5.41, 5.74) is 0. The van der Waals surface area contributed by atoms with Crippen LogP contribution in [0.15, 0.2) is 24.3 Å². The van der Waals surface area contributed by atoms with Gasteiger partial charge in [-0.3, -0.25) is 0 Å². The summed E-state index contributed by atoms with van der Waals surface area (Å²) in [5.74, 6) is 0. The number of unbranched alkanes of at least 4 members (excludes halogenated alkanes) is 12. The molecule has 0 aliphatic rings. The van der Waals surface area contributed by atoms with Gasteiger partial charge in [0.15, 0.2) is 0 Å². The van der Waals surface area contributed by atoms with Crippen molar-refractivity contribution in [1.82, 2.24) is 4.90 Å². The van der Waals surface area contributed by atoms with Crippen LogP contribution in [0.4, 0.5) is 0 Å². The van der Waals surface area contributed by atoms with E-state index in [1.54, 1.807) is 0 Å². The molecule has 1 unspecified atom stereocenters. The van der Waals surface area contributed by atoms with Gasteiger partial charge in [-0.25, -0.2) is 0 Å². The Kier molecular flexibility index (Phi) is 22.3. The first-order chi connectivity index (χ1) is 13.7. The van der Waals surface area contributed by atoms with Crippen LogP contribution in [-0.4, -0.2) is 25.0 Å². The van der Waals surface area contributed by atoms with E-state index in [-0.39, 0.29) is 0 Å². The number of allylic oxidation sites excluding steroid dienone is 4. The van der Waals surface area contributed by atoms with E-state index in [0.717, 1.165) is 12.5 Å². The fraction of sp³-hybridized carbons (Fsp3) is 0.852. The highest BCUT2D eigenvalue weighted by atomic mass is 15.1. The van der Waals surface area contributed by atoms with E-state index < -0.39 is 0 Å². The van der Waals surface area contributed by atoms with Gasteiger partial charge in [-0.05, 0) is 52.6 Å². The Morgan fingerprint density at radius 3 is 1.54 bits per heavy atom. The molecule has 0 bridgehead atoms. The van der Waals surface area contributed by atoms with Crippen molar-refractivity contribution in [2.75, 3.05) is 14.1 Å². The topological polar surface area (TPSA) is 3.24 Å². The molecule has 0 aromatic heterocycles. The molecule has 0 fully saturated rings. The Morgan fingerprint density at radius 1 is 0.536 bits per heavy atom. The lowest BCUT2D eigenvalue weighted by molar-refractivity contribution is 0.251. The molecular weight excluding hydrogens is 338 g/mol. The summed E-state index contributed by atoms with van der Waals surface area (Å²) in [7, 11) is 4.54. The van der Waals surface area contributed by atoms with Crippen LogP contribution in [0, 0.1) is 0 Å². The monoisotopic (exact) mass is 391 g/mol. The number of hydrogen-bond acceptors (Lipinski definition) is 1. The third-order valence-electron chi connectivity index (χ3n) is 5.86. The van der Waals surface area contributed by atoms with E-state index in [1.165, 1.54) is 109 Å². The average molecular weight is 392 g/mol. The minimum atomic E-state index is 0.808. The first kappa shape index (κ1) is 27.4. The number of rotatable bonds is 21. The molecule has 1 heteroatoms. The quantitative estimate of drug-likeness (QED) is 0.139. The molecule has 0 aliphatic carbocycles. The Labute approximate surface area is 179 Å². The van der Waals surface area contributed by atoms with E-state index in [4.69, 9.17) is 0 Å². The van der Waals surface area contributed by atoms with Gasteiger partial charge in [0.2, 0.25) is 0 Å². The van der Waals surface area contributed by atoms with Crippen LogP contribution in [0.1, 0.15) is 129 Å². The zero-order valence-electron chi connectivity index (χ0n) is 20.1. The molecule has 0 heterocycles. The van der Waals surface area contributed by atoms with Gasteiger partial charge < -0.3 is 4.90 Å². The average Bonchev–Trinajstić information content (AvgIpc) is 2.68. The molecule has 0 radical (unpaired) electrons. The second-order valence-corrected chi connectivity index (χ2v) is 8.84. The van der Waals surface area contributed by atoms with Crippen molar-refractivity contribution in [2.24, 2.45) is 0 Å². The van der Waals surface area contributed by atoms with Gasteiger partial charge in [0, 0.05) is 6.04 Å². The maximum Gasteiger partial charge on any atom is 0.00891 e. The maximum absolute atomic E-state index is 2.46. The third-order valence-corrected chi connectivity index (χ3v) is 5.86. The standard InChI is InChI=1S/C27H53N/c1-5-7-9-11-12-13-14-15-16-17-18-19-20-22-24-26-27(28(3)4)25-23-21-10-8-6-2/h11-12,14-15,27H,5-10,13,16-26H2,1-4H3/b12-11+,15-14+. The summed E-state index contributed by atoms with van der Waals surface area (Å²) in [4.78, 5) is 2.46. The Hall–Kier alpha value is -0.560. The fourth-order valence-electron chi connectivity index (χ4n) is 3.82. The number of hydrogen-bond donors (Lipinski definition) is 0. The molecule has 0 saturated heterocycles. The van der Waals surface area contributed by atoms with E-state index >= 15 is 0 Å². The van der Waals surface area contributed by atoms with Crippen molar-refractivity contribution in [3.05, 3.63) is 24.3 Å². The summed E-state index contributed by atoms with van der Waals surface area (Å²) in [5, 5.41) is 0. The molecule has 0 spiro atoms. The van der Waals surface area contributed by atoms with Gasteiger partial charge in [-0.15, -0.1) is 0 Å². The smallest absolute Gasteiger partial charge is 0.00891 e. The number of nitrogens with zero attached hydrogens (tertiary/aromatic N) is 1. The van der Waals surface area contributed by atoms with E-state index in [0.29, 0.717) is 0 Å². The lowest BCUT2D eigenvalue weighted by Gasteiger charge is -2.24. The van der Waals surface area contributed by atoms with Crippen LogP contribution in [0.3, 0.4) is 0 Å². The second kappa shape index (κ2) is 22.7. The zero-order chi connectivity index (χ0) is 20.7. The Balaban J connectivity index is 3.47. The van der Waals surface area contributed by atoms with Crippen LogP contribution < -0.4 is 0 Å². The first-order valence-corrected chi connectivity index (χ1v) is 12.7. The van der Waals surface area contributed by atoms with Gasteiger partial charge in [0.1, 0.15) is 0 Å². The van der Waals surface area contributed by atoms with Gasteiger partial charge in [-0.2, -0.15) is 0 Å². The SMILES string of the molecule is CCCC/C=C/C/C=C/CCCCCCCCC(CCCCCCC)N(C)C. The van der Waals surface area contributed by atoms with E-state index in [9.17, 15) is 0 Å². The Bertz CT molecular complexity index is 342. The maximum atomic E-state index is 2.46. The summed E-state index contributed by atoms with van der Waals surface area (Å²) >= 11 is 0. The molecule has 0 aliphatic heterocycles. The third kappa shape index (κ3) is 20.2. The second-order valence-electron chi connectivity index (χ2n) is 8.84. The van der Waals surface area contributed by atoms with Gasteiger partial charge >= 0.3 is 0 Å². The summed E-state index contributed by atoms with van der Waals surface area (Å²) in [6.45, 7) is 4.55. The zero-order valence-corrected chi connectivity index (χ0v) is 20.1.